The molecule has 1 N–H and O–H groups in total. The lowest BCUT2D eigenvalue weighted by Gasteiger charge is -2.18. The molecule has 8 heteroatoms. The first-order valence-electron chi connectivity index (χ1n) is 6.90. The Morgan fingerprint density at radius 2 is 2.09 bits per heavy atom. The van der Waals surface area contributed by atoms with Crippen LogP contribution in [0.15, 0.2) is 23.6 Å². The van der Waals surface area contributed by atoms with Gasteiger partial charge >= 0.3 is 5.97 Å². The fourth-order valence-electron chi connectivity index (χ4n) is 1.97. The summed E-state index contributed by atoms with van der Waals surface area (Å²) in [5, 5.41) is 4.78. The number of esters is 1. The van der Waals surface area contributed by atoms with Crippen molar-refractivity contribution in [2.24, 2.45) is 0 Å². The molecule has 23 heavy (non-hydrogen) atoms. The van der Waals surface area contributed by atoms with E-state index in [1.807, 2.05) is 0 Å². The summed E-state index contributed by atoms with van der Waals surface area (Å²) in [7, 11) is 0. The monoisotopic (exact) mass is 334 g/mol. The molecule has 0 aliphatic carbocycles. The van der Waals surface area contributed by atoms with Gasteiger partial charge < -0.3 is 19.5 Å². The van der Waals surface area contributed by atoms with Gasteiger partial charge in [-0.15, -0.1) is 11.3 Å². The summed E-state index contributed by atoms with van der Waals surface area (Å²) in [4.78, 5) is 27.2. The molecule has 1 aliphatic rings. The molecule has 0 saturated heterocycles. The van der Waals surface area contributed by atoms with Crippen molar-refractivity contribution in [1.29, 1.82) is 0 Å². The van der Waals surface area contributed by atoms with Crippen LogP contribution in [0.1, 0.15) is 23.0 Å². The average Bonchev–Trinajstić information content (AvgIpc) is 2.98. The summed E-state index contributed by atoms with van der Waals surface area (Å²) < 4.78 is 16.1. The molecule has 0 saturated carbocycles. The number of ether oxygens (including phenoxy) is 3. The number of benzene rings is 1. The highest BCUT2D eigenvalue weighted by Crippen LogP contribution is 2.31. The molecule has 2 heterocycles. The first kappa shape index (κ1) is 15.3. The number of fused-ring (bicyclic) bond motifs is 1. The number of nitrogens with zero attached hydrogens (tertiary/aromatic N) is 1. The Bertz CT molecular complexity index is 743. The number of anilines is 1. The summed E-state index contributed by atoms with van der Waals surface area (Å²) in [5.41, 5.74) is 0.955. The Morgan fingerprint density at radius 1 is 1.30 bits per heavy atom. The van der Waals surface area contributed by atoms with E-state index in [4.69, 9.17) is 14.2 Å². The van der Waals surface area contributed by atoms with E-state index in [2.05, 4.69) is 10.3 Å². The van der Waals surface area contributed by atoms with E-state index in [-0.39, 0.29) is 12.5 Å². The summed E-state index contributed by atoms with van der Waals surface area (Å²) >= 11 is 1.27. The number of thiazole rings is 1. The van der Waals surface area contributed by atoms with Gasteiger partial charge in [-0.25, -0.2) is 9.78 Å². The highest BCUT2D eigenvalue weighted by Gasteiger charge is 2.16. The predicted molar refractivity (Wildman–Crippen MR) is 83.0 cm³/mol. The van der Waals surface area contributed by atoms with Gasteiger partial charge in [-0.05, 0) is 18.2 Å². The van der Waals surface area contributed by atoms with Crippen molar-refractivity contribution in [1.82, 2.24) is 4.98 Å². The molecule has 1 aliphatic heterocycles. The number of aromatic nitrogens is 1. The Balaban J connectivity index is 1.61. The lowest BCUT2D eigenvalue weighted by molar-refractivity contribution is -0.114. The van der Waals surface area contributed by atoms with E-state index in [0.29, 0.717) is 41.1 Å². The number of amides is 1. The highest BCUT2D eigenvalue weighted by atomic mass is 32.1. The lowest BCUT2D eigenvalue weighted by Crippen LogP contribution is -2.16. The van der Waals surface area contributed by atoms with Crippen molar-refractivity contribution in [3.05, 3.63) is 34.8 Å². The Labute approximate surface area is 136 Å². The SMILES string of the molecule is CC(=O)Nc1nc(COC(=O)c2ccc3c(c2)OCCO3)cs1. The quantitative estimate of drug-likeness (QED) is 0.863. The number of nitrogens with one attached hydrogen (secondary N) is 1. The third-order valence-corrected chi connectivity index (χ3v) is 3.77. The van der Waals surface area contributed by atoms with E-state index in [9.17, 15) is 9.59 Å². The fraction of sp³-hybridized carbons (Fsp3) is 0.267. The Morgan fingerprint density at radius 3 is 2.87 bits per heavy atom. The zero-order valence-corrected chi connectivity index (χ0v) is 13.1. The van der Waals surface area contributed by atoms with Crippen molar-refractivity contribution in [2.45, 2.75) is 13.5 Å². The molecule has 0 bridgehead atoms. The van der Waals surface area contributed by atoms with Gasteiger partial charge in [0, 0.05) is 12.3 Å². The second-order valence-electron chi connectivity index (χ2n) is 4.76. The zero-order valence-electron chi connectivity index (χ0n) is 12.3. The smallest absolute Gasteiger partial charge is 0.338 e. The van der Waals surface area contributed by atoms with Crippen LogP contribution in [0.25, 0.3) is 0 Å². The van der Waals surface area contributed by atoms with Crippen LogP contribution < -0.4 is 14.8 Å². The standard InChI is InChI=1S/C15H14N2O5S/c1-9(18)16-15-17-11(8-23-15)7-22-14(19)10-2-3-12-13(6-10)21-5-4-20-12/h2-3,6,8H,4-5,7H2,1H3,(H,16,17,18). The molecule has 0 radical (unpaired) electrons. The predicted octanol–water partition coefficient (Wildman–Crippen LogP) is 2.23. The molecule has 3 rings (SSSR count). The van der Waals surface area contributed by atoms with Gasteiger partial charge in [-0.3, -0.25) is 4.79 Å². The molecular weight excluding hydrogens is 320 g/mol. The minimum absolute atomic E-state index is 0.0311. The number of carbonyl (C=O) groups excluding carboxylic acids is 2. The second kappa shape index (κ2) is 6.66. The van der Waals surface area contributed by atoms with Crippen LogP contribution in [0, 0.1) is 0 Å². The van der Waals surface area contributed by atoms with Gasteiger partial charge in [0.25, 0.3) is 0 Å². The Hall–Kier alpha value is -2.61. The van der Waals surface area contributed by atoms with E-state index in [0.717, 1.165) is 0 Å². The van der Waals surface area contributed by atoms with Gasteiger partial charge in [0.1, 0.15) is 19.8 Å². The van der Waals surface area contributed by atoms with Crippen LogP contribution in [-0.4, -0.2) is 30.1 Å². The van der Waals surface area contributed by atoms with Crippen molar-refractivity contribution in [3.63, 3.8) is 0 Å². The fourth-order valence-corrected chi connectivity index (χ4v) is 2.72. The molecule has 120 valence electrons. The minimum Gasteiger partial charge on any atom is -0.486 e. The van der Waals surface area contributed by atoms with Gasteiger partial charge in [0.15, 0.2) is 16.6 Å². The van der Waals surface area contributed by atoms with Crippen molar-refractivity contribution in [2.75, 3.05) is 18.5 Å². The van der Waals surface area contributed by atoms with Crippen LogP contribution >= 0.6 is 11.3 Å². The zero-order chi connectivity index (χ0) is 16.2. The first-order chi connectivity index (χ1) is 11.1. The molecule has 1 aromatic heterocycles. The number of hydrogen-bond donors (Lipinski definition) is 1. The maximum atomic E-state index is 12.1. The number of hydrogen-bond acceptors (Lipinski definition) is 7. The summed E-state index contributed by atoms with van der Waals surface area (Å²) in [6.45, 7) is 2.39. The van der Waals surface area contributed by atoms with Crippen molar-refractivity contribution >= 4 is 28.3 Å². The molecule has 0 atom stereocenters. The minimum atomic E-state index is -0.476. The summed E-state index contributed by atoms with van der Waals surface area (Å²) in [5.74, 6) is 0.481. The van der Waals surface area contributed by atoms with Gasteiger partial charge in [-0.2, -0.15) is 0 Å². The average molecular weight is 334 g/mol. The molecular formula is C15H14N2O5S. The Kier molecular flexibility index (Phi) is 4.42. The largest absolute Gasteiger partial charge is 0.486 e. The van der Waals surface area contributed by atoms with Gasteiger partial charge in [0.05, 0.1) is 11.3 Å². The molecule has 7 nitrogen and oxygen atoms in total. The van der Waals surface area contributed by atoms with Gasteiger partial charge in [0.2, 0.25) is 5.91 Å². The topological polar surface area (TPSA) is 86.8 Å². The maximum Gasteiger partial charge on any atom is 0.338 e. The number of rotatable bonds is 4. The molecule has 1 amide bonds. The summed E-state index contributed by atoms with van der Waals surface area (Å²) in [6, 6.07) is 4.91. The second-order valence-corrected chi connectivity index (χ2v) is 5.62. The van der Waals surface area contributed by atoms with Crippen LogP contribution in [0.2, 0.25) is 0 Å². The highest BCUT2D eigenvalue weighted by molar-refractivity contribution is 7.13. The molecule has 0 spiro atoms. The van der Waals surface area contributed by atoms with E-state index in [1.165, 1.54) is 18.3 Å². The van der Waals surface area contributed by atoms with E-state index in [1.54, 1.807) is 23.6 Å². The molecule has 1 aromatic carbocycles. The van der Waals surface area contributed by atoms with Crippen molar-refractivity contribution in [3.8, 4) is 11.5 Å². The normalized spacial score (nSPS) is 12.6. The first-order valence-corrected chi connectivity index (χ1v) is 7.78. The van der Waals surface area contributed by atoms with Crippen LogP contribution in [0.5, 0.6) is 11.5 Å². The van der Waals surface area contributed by atoms with Gasteiger partial charge in [-0.1, -0.05) is 0 Å². The molecule has 0 fully saturated rings. The third-order valence-electron chi connectivity index (χ3n) is 2.96. The lowest BCUT2D eigenvalue weighted by atomic mass is 10.2. The molecule has 0 unspecified atom stereocenters. The van der Waals surface area contributed by atoms with Crippen LogP contribution in [0.3, 0.4) is 0 Å². The summed E-state index contributed by atoms with van der Waals surface area (Å²) in [6.07, 6.45) is 0. The van der Waals surface area contributed by atoms with E-state index >= 15 is 0 Å². The number of carbonyl (C=O) groups is 2. The van der Waals surface area contributed by atoms with Crippen LogP contribution in [-0.2, 0) is 16.1 Å². The van der Waals surface area contributed by atoms with E-state index < -0.39 is 5.97 Å². The third kappa shape index (κ3) is 3.78. The molecule has 2 aromatic rings. The van der Waals surface area contributed by atoms with Crippen LogP contribution in [0.4, 0.5) is 5.13 Å². The maximum absolute atomic E-state index is 12.1. The van der Waals surface area contributed by atoms with Crippen molar-refractivity contribution < 1.29 is 23.8 Å².